The second-order valence-corrected chi connectivity index (χ2v) is 6.17. The van der Waals surface area contributed by atoms with E-state index in [0.717, 1.165) is 6.54 Å². The minimum atomic E-state index is -0.423. The molecule has 146 valence electrons. The lowest BCUT2D eigenvalue weighted by molar-refractivity contribution is -0.148. The molecule has 0 aromatic carbocycles. The molecule has 2 amide bonds. The minimum Gasteiger partial charge on any atom is -0.468 e. The fourth-order valence-electron chi connectivity index (χ4n) is 2.64. The van der Waals surface area contributed by atoms with E-state index in [2.05, 4.69) is 4.74 Å². The number of likely N-dealkylation sites (N-methyl/N-ethyl adjacent to an activating group) is 2. The van der Waals surface area contributed by atoms with Gasteiger partial charge in [-0.05, 0) is 34.4 Å². The fourth-order valence-corrected chi connectivity index (χ4v) is 2.64. The van der Waals surface area contributed by atoms with Gasteiger partial charge >= 0.3 is 18.0 Å². The molecule has 1 saturated heterocycles. The van der Waals surface area contributed by atoms with Gasteiger partial charge in [0.05, 0.1) is 19.8 Å². The fraction of sp³-hybridized carbons (Fsp3) is 0.824. The molecule has 0 spiro atoms. The van der Waals surface area contributed by atoms with Crippen molar-refractivity contribution in [3.63, 3.8) is 0 Å². The molecule has 0 bridgehead atoms. The molecule has 8 nitrogen and oxygen atoms in total. The van der Waals surface area contributed by atoms with Crippen LogP contribution in [0.3, 0.4) is 0 Å². The average Bonchev–Trinajstić information content (AvgIpc) is 2.84. The zero-order valence-electron chi connectivity index (χ0n) is 16.7. The highest BCUT2D eigenvalue weighted by atomic mass is 16.5. The predicted octanol–water partition coefficient (Wildman–Crippen LogP) is 1.19. The van der Waals surface area contributed by atoms with E-state index >= 15 is 0 Å². The number of ether oxygens (including phenoxy) is 2. The van der Waals surface area contributed by atoms with Crippen molar-refractivity contribution >= 4 is 18.0 Å². The molecule has 8 heteroatoms. The van der Waals surface area contributed by atoms with Gasteiger partial charge in [0, 0.05) is 26.6 Å². The first-order valence-corrected chi connectivity index (χ1v) is 8.57. The van der Waals surface area contributed by atoms with Gasteiger partial charge in [-0.15, -0.1) is 0 Å². The third-order valence-corrected chi connectivity index (χ3v) is 4.18. The first-order valence-electron chi connectivity index (χ1n) is 8.57. The number of hydrogen-bond donors (Lipinski definition) is 0. The van der Waals surface area contributed by atoms with Crippen LogP contribution in [0, 0.1) is 0 Å². The highest BCUT2D eigenvalue weighted by molar-refractivity contribution is 5.82. The van der Waals surface area contributed by atoms with E-state index in [4.69, 9.17) is 4.74 Å². The van der Waals surface area contributed by atoms with Crippen LogP contribution < -0.4 is 0 Å². The Bertz CT molecular complexity index is 456. The molecule has 0 unspecified atom stereocenters. The summed E-state index contributed by atoms with van der Waals surface area (Å²) in [4.78, 5) is 39.3. The molecular weight excluding hydrogens is 326 g/mol. The van der Waals surface area contributed by atoms with Crippen molar-refractivity contribution < 1.29 is 23.9 Å². The van der Waals surface area contributed by atoms with Gasteiger partial charge in [0.1, 0.15) is 6.04 Å². The van der Waals surface area contributed by atoms with E-state index in [0.29, 0.717) is 13.2 Å². The van der Waals surface area contributed by atoms with Crippen LogP contribution in [0.2, 0.25) is 0 Å². The van der Waals surface area contributed by atoms with E-state index in [9.17, 15) is 14.4 Å². The molecule has 1 heterocycles. The number of rotatable bonds is 6. The number of esters is 2. The summed E-state index contributed by atoms with van der Waals surface area (Å²) in [6.45, 7) is 10.9. The Labute approximate surface area is 151 Å². The van der Waals surface area contributed by atoms with Gasteiger partial charge in [-0.25, -0.2) is 4.79 Å². The van der Waals surface area contributed by atoms with Crippen LogP contribution in [0.25, 0.3) is 0 Å². The maximum atomic E-state index is 12.2. The Morgan fingerprint density at radius 2 is 1.88 bits per heavy atom. The van der Waals surface area contributed by atoms with Crippen molar-refractivity contribution in [2.24, 2.45) is 0 Å². The van der Waals surface area contributed by atoms with E-state index in [-0.39, 0.29) is 30.1 Å². The monoisotopic (exact) mass is 359 g/mol. The van der Waals surface area contributed by atoms with E-state index in [1.165, 1.54) is 14.0 Å². The van der Waals surface area contributed by atoms with Crippen LogP contribution >= 0.6 is 0 Å². The van der Waals surface area contributed by atoms with E-state index in [1.54, 1.807) is 23.8 Å². The highest BCUT2D eigenvalue weighted by Crippen LogP contribution is 2.22. The summed E-state index contributed by atoms with van der Waals surface area (Å²) >= 11 is 0. The van der Waals surface area contributed by atoms with Crippen molar-refractivity contribution in [3.8, 4) is 0 Å². The van der Waals surface area contributed by atoms with Crippen LogP contribution in [0.15, 0.2) is 0 Å². The number of urea groups is 1. The molecule has 1 fully saturated rings. The normalized spacial score (nSPS) is 18.2. The van der Waals surface area contributed by atoms with Crippen molar-refractivity contribution in [1.82, 2.24) is 14.7 Å². The molecule has 0 N–H and O–H groups in total. The van der Waals surface area contributed by atoms with Gasteiger partial charge in [-0.2, -0.15) is 0 Å². The second kappa shape index (κ2) is 10.9. The molecule has 1 aliphatic rings. The van der Waals surface area contributed by atoms with Gasteiger partial charge in [0.25, 0.3) is 0 Å². The van der Waals surface area contributed by atoms with Gasteiger partial charge < -0.3 is 19.3 Å². The molecular formula is C17H33N3O5. The van der Waals surface area contributed by atoms with Crippen molar-refractivity contribution in [3.05, 3.63) is 0 Å². The Hall–Kier alpha value is -1.83. The Balaban J connectivity index is 0.000000823. The molecule has 0 aromatic heterocycles. The Morgan fingerprint density at radius 3 is 2.16 bits per heavy atom. The maximum absolute atomic E-state index is 12.2. The lowest BCUT2D eigenvalue weighted by Crippen LogP contribution is -2.53. The molecule has 0 radical (unpaired) electrons. The number of amides is 2. The zero-order valence-corrected chi connectivity index (χ0v) is 16.7. The Kier molecular flexibility index (Phi) is 10.1. The maximum Gasteiger partial charge on any atom is 0.325 e. The number of carbonyl (C=O) groups excluding carboxylic acids is 3. The van der Waals surface area contributed by atoms with Crippen molar-refractivity contribution in [2.75, 3.05) is 40.9 Å². The van der Waals surface area contributed by atoms with Crippen molar-refractivity contribution in [1.29, 1.82) is 0 Å². The number of hydrogen-bond acceptors (Lipinski definition) is 6. The first-order chi connectivity index (χ1) is 11.6. The molecule has 25 heavy (non-hydrogen) atoms. The lowest BCUT2D eigenvalue weighted by Gasteiger charge is -2.32. The summed E-state index contributed by atoms with van der Waals surface area (Å²) in [5.41, 5.74) is 0. The van der Waals surface area contributed by atoms with Crippen LogP contribution in [-0.4, -0.2) is 91.7 Å². The number of carbonyl (C=O) groups is 3. The summed E-state index contributed by atoms with van der Waals surface area (Å²) in [7, 11) is 5.00. The van der Waals surface area contributed by atoms with Crippen LogP contribution in [-0.2, 0) is 19.1 Å². The number of nitrogens with zero attached hydrogens (tertiary/aromatic N) is 3. The third kappa shape index (κ3) is 6.53. The molecule has 2 atom stereocenters. The van der Waals surface area contributed by atoms with Crippen molar-refractivity contribution in [2.45, 2.75) is 52.7 Å². The first kappa shape index (κ1) is 23.2. The topological polar surface area (TPSA) is 79.4 Å². The third-order valence-electron chi connectivity index (χ3n) is 4.18. The minimum absolute atomic E-state index is 0.0293. The van der Waals surface area contributed by atoms with Gasteiger partial charge in [0.2, 0.25) is 0 Å². The van der Waals surface area contributed by atoms with Gasteiger partial charge in [0.15, 0.2) is 0 Å². The quantitative estimate of drug-likeness (QED) is 0.663. The Morgan fingerprint density at radius 1 is 1.32 bits per heavy atom. The van der Waals surface area contributed by atoms with Gasteiger partial charge in [-0.3, -0.25) is 14.5 Å². The summed E-state index contributed by atoms with van der Waals surface area (Å²) in [6, 6.07) is -0.497. The van der Waals surface area contributed by atoms with Crippen LogP contribution in [0.1, 0.15) is 34.6 Å². The summed E-state index contributed by atoms with van der Waals surface area (Å²) in [6.07, 6.45) is 0. The summed E-state index contributed by atoms with van der Waals surface area (Å²) in [5.74, 6) is -0.503. The molecule has 0 aliphatic carbocycles. The second-order valence-electron chi connectivity index (χ2n) is 6.17. The van der Waals surface area contributed by atoms with E-state index < -0.39 is 6.04 Å². The molecule has 1 rings (SSSR count). The smallest absolute Gasteiger partial charge is 0.325 e. The van der Waals surface area contributed by atoms with E-state index in [1.807, 2.05) is 32.7 Å². The molecule has 1 aliphatic heterocycles. The average molecular weight is 359 g/mol. The van der Waals surface area contributed by atoms with Crippen LogP contribution in [0.5, 0.6) is 0 Å². The lowest BCUT2D eigenvalue weighted by atomic mass is 10.1. The summed E-state index contributed by atoms with van der Waals surface area (Å²) < 4.78 is 9.29. The van der Waals surface area contributed by atoms with Gasteiger partial charge in [-0.1, -0.05) is 6.92 Å². The molecule has 0 saturated carbocycles. The molecule has 0 aromatic rings. The standard InChI is InChI=1S/C13H25N3O3.C4H8O2/c1-7-14(4)11(12(17)19-6)10-8-16(9(2)3)13(18)15(10)5;1-3-6-4(2)5/h9-11H,7-8H2,1-6H3;3H2,1-2H3/t10-,11+;/m0./s1. The number of methoxy groups -OCH3 is 1. The predicted molar refractivity (Wildman–Crippen MR) is 95.2 cm³/mol. The largest absolute Gasteiger partial charge is 0.468 e. The highest BCUT2D eigenvalue weighted by Gasteiger charge is 2.44. The summed E-state index contributed by atoms with van der Waals surface area (Å²) in [5, 5.41) is 0. The zero-order chi connectivity index (χ0) is 19.7. The SMILES string of the molecule is CCN(C)[C@@H](C(=O)OC)[C@@H]1CN(C(C)C)C(=O)N1C.CCOC(C)=O. The van der Waals surface area contributed by atoms with Crippen LogP contribution in [0.4, 0.5) is 4.79 Å².